The summed E-state index contributed by atoms with van der Waals surface area (Å²) in [4.78, 5) is 15.2. The lowest BCUT2D eigenvalue weighted by molar-refractivity contribution is 0.0930. The van der Waals surface area contributed by atoms with Crippen LogP contribution in [0.3, 0.4) is 0 Å². The molecule has 0 spiro atoms. The molecule has 0 bridgehead atoms. The summed E-state index contributed by atoms with van der Waals surface area (Å²) < 4.78 is 21.7. The summed E-state index contributed by atoms with van der Waals surface area (Å²) in [6, 6.07) is 7.20. The minimum absolute atomic E-state index is 0.0117. The van der Waals surface area contributed by atoms with Gasteiger partial charge in [0.1, 0.15) is 5.76 Å². The fourth-order valence-electron chi connectivity index (χ4n) is 3.51. The molecule has 1 fully saturated rings. The number of nitrogens with zero attached hydrogens (tertiary/aromatic N) is 1. The quantitative estimate of drug-likeness (QED) is 0.766. The van der Waals surface area contributed by atoms with E-state index in [1.165, 1.54) is 14.2 Å². The van der Waals surface area contributed by atoms with E-state index in [0.29, 0.717) is 29.4 Å². The Balaban J connectivity index is 1.78. The summed E-state index contributed by atoms with van der Waals surface area (Å²) in [5.74, 6) is 1.89. The molecule has 1 N–H and O–H groups in total. The van der Waals surface area contributed by atoms with E-state index < -0.39 is 0 Å². The van der Waals surface area contributed by atoms with Gasteiger partial charge in [0, 0.05) is 6.54 Å². The van der Waals surface area contributed by atoms with Crippen LogP contribution in [0.15, 0.2) is 34.9 Å². The van der Waals surface area contributed by atoms with E-state index in [1.807, 2.05) is 12.1 Å². The monoisotopic (exact) mass is 374 g/mol. The number of hydrogen-bond acceptors (Lipinski definition) is 6. The van der Waals surface area contributed by atoms with Crippen LogP contribution in [0.4, 0.5) is 0 Å². The van der Waals surface area contributed by atoms with Gasteiger partial charge >= 0.3 is 0 Å². The average molecular weight is 374 g/mol. The highest BCUT2D eigenvalue weighted by Crippen LogP contribution is 2.39. The van der Waals surface area contributed by atoms with Gasteiger partial charge in [-0.2, -0.15) is 0 Å². The van der Waals surface area contributed by atoms with Crippen molar-refractivity contribution in [3.63, 3.8) is 0 Å². The van der Waals surface area contributed by atoms with Crippen LogP contribution in [-0.2, 0) is 0 Å². The molecule has 1 aliphatic rings. The Bertz CT molecular complexity index is 754. The van der Waals surface area contributed by atoms with Crippen molar-refractivity contribution in [2.24, 2.45) is 0 Å². The summed E-state index contributed by atoms with van der Waals surface area (Å²) >= 11 is 0. The van der Waals surface area contributed by atoms with Crippen molar-refractivity contribution >= 4 is 5.91 Å². The predicted octanol–water partition coefficient (Wildman–Crippen LogP) is 2.87. The van der Waals surface area contributed by atoms with Crippen molar-refractivity contribution in [1.82, 2.24) is 10.2 Å². The summed E-state index contributed by atoms with van der Waals surface area (Å²) in [5.41, 5.74) is 0.398. The molecule has 1 aromatic heterocycles. The van der Waals surface area contributed by atoms with Crippen LogP contribution in [0, 0.1) is 0 Å². The first kappa shape index (κ1) is 19.1. The molecule has 2 aromatic rings. The van der Waals surface area contributed by atoms with Gasteiger partial charge in [0.2, 0.25) is 5.75 Å². The molecule has 1 aliphatic heterocycles. The van der Waals surface area contributed by atoms with E-state index in [1.54, 1.807) is 25.5 Å². The molecular weight excluding hydrogens is 348 g/mol. The third-order valence-electron chi connectivity index (χ3n) is 4.86. The fraction of sp³-hybridized carbons (Fsp3) is 0.450. The fourth-order valence-corrected chi connectivity index (χ4v) is 3.51. The second-order valence-electron chi connectivity index (χ2n) is 6.37. The zero-order chi connectivity index (χ0) is 19.2. The van der Waals surface area contributed by atoms with Crippen LogP contribution in [-0.4, -0.2) is 51.8 Å². The van der Waals surface area contributed by atoms with Gasteiger partial charge in [0.25, 0.3) is 5.91 Å². The zero-order valence-corrected chi connectivity index (χ0v) is 16.0. The smallest absolute Gasteiger partial charge is 0.255 e. The third-order valence-corrected chi connectivity index (χ3v) is 4.86. The zero-order valence-electron chi connectivity index (χ0n) is 16.0. The molecule has 1 atom stereocenters. The number of furan rings is 1. The molecule has 146 valence electrons. The Morgan fingerprint density at radius 2 is 1.85 bits per heavy atom. The summed E-state index contributed by atoms with van der Waals surface area (Å²) in [6.07, 6.45) is 3.99. The summed E-state index contributed by atoms with van der Waals surface area (Å²) in [7, 11) is 4.56. The second kappa shape index (κ2) is 8.81. The highest BCUT2D eigenvalue weighted by atomic mass is 16.5. The second-order valence-corrected chi connectivity index (χ2v) is 6.37. The Morgan fingerprint density at radius 1 is 1.11 bits per heavy atom. The van der Waals surface area contributed by atoms with E-state index in [9.17, 15) is 4.79 Å². The van der Waals surface area contributed by atoms with Crippen LogP contribution in [0.5, 0.6) is 17.2 Å². The number of benzene rings is 1. The summed E-state index contributed by atoms with van der Waals surface area (Å²) in [5, 5.41) is 3.01. The molecule has 1 saturated heterocycles. The first-order chi connectivity index (χ1) is 13.2. The normalized spacial score (nSPS) is 15.4. The van der Waals surface area contributed by atoms with Crippen LogP contribution in [0.1, 0.15) is 35.0 Å². The maximum Gasteiger partial charge on any atom is 0.255 e. The van der Waals surface area contributed by atoms with Gasteiger partial charge in [-0.05, 0) is 50.2 Å². The van der Waals surface area contributed by atoms with Crippen molar-refractivity contribution in [3.8, 4) is 17.2 Å². The largest absolute Gasteiger partial charge is 0.493 e. The van der Waals surface area contributed by atoms with Crippen molar-refractivity contribution in [2.75, 3.05) is 41.0 Å². The van der Waals surface area contributed by atoms with Gasteiger partial charge < -0.3 is 23.9 Å². The maximum absolute atomic E-state index is 12.8. The van der Waals surface area contributed by atoms with Crippen LogP contribution in [0.25, 0.3) is 0 Å². The van der Waals surface area contributed by atoms with Crippen LogP contribution >= 0.6 is 0 Å². The maximum atomic E-state index is 12.8. The molecule has 1 aromatic carbocycles. The molecule has 1 unspecified atom stereocenters. The van der Waals surface area contributed by atoms with E-state index in [2.05, 4.69) is 10.2 Å². The number of ether oxygens (including phenoxy) is 3. The number of carbonyl (C=O) groups is 1. The first-order valence-corrected chi connectivity index (χ1v) is 9.04. The van der Waals surface area contributed by atoms with Gasteiger partial charge in [-0.1, -0.05) is 0 Å². The SMILES string of the molecule is COc1ccc(C(=O)NCC(c2ccco2)N2CCCC2)c(OC)c1OC. The topological polar surface area (TPSA) is 73.2 Å². The minimum Gasteiger partial charge on any atom is -0.493 e. The van der Waals surface area contributed by atoms with Crippen molar-refractivity contribution < 1.29 is 23.4 Å². The predicted molar refractivity (Wildman–Crippen MR) is 101 cm³/mol. The van der Waals surface area contributed by atoms with E-state index in [-0.39, 0.29) is 11.9 Å². The highest BCUT2D eigenvalue weighted by molar-refractivity contribution is 5.98. The molecule has 2 heterocycles. The Labute approximate surface area is 159 Å². The lowest BCUT2D eigenvalue weighted by Crippen LogP contribution is -2.36. The Hall–Kier alpha value is -2.67. The Kier molecular flexibility index (Phi) is 6.24. The lowest BCUT2D eigenvalue weighted by Gasteiger charge is -2.26. The minimum atomic E-state index is -0.233. The number of likely N-dealkylation sites (tertiary alicyclic amines) is 1. The van der Waals surface area contributed by atoms with Crippen molar-refractivity contribution in [1.29, 1.82) is 0 Å². The first-order valence-electron chi connectivity index (χ1n) is 9.04. The highest BCUT2D eigenvalue weighted by Gasteiger charge is 2.27. The number of methoxy groups -OCH3 is 3. The molecular formula is C20H26N2O5. The molecule has 0 aliphatic carbocycles. The number of carbonyl (C=O) groups excluding carboxylic acids is 1. The average Bonchev–Trinajstić information content (AvgIpc) is 3.41. The third kappa shape index (κ3) is 4.03. The molecule has 7 heteroatoms. The van der Waals surface area contributed by atoms with Gasteiger partial charge in [-0.25, -0.2) is 0 Å². The number of nitrogens with one attached hydrogen (secondary N) is 1. The summed E-state index contributed by atoms with van der Waals surface area (Å²) in [6.45, 7) is 2.45. The molecule has 3 rings (SSSR count). The van der Waals surface area contributed by atoms with E-state index >= 15 is 0 Å². The van der Waals surface area contributed by atoms with Crippen LogP contribution < -0.4 is 19.5 Å². The van der Waals surface area contributed by atoms with Crippen molar-refractivity contribution in [2.45, 2.75) is 18.9 Å². The van der Waals surface area contributed by atoms with Gasteiger partial charge in [-0.15, -0.1) is 0 Å². The molecule has 1 amide bonds. The molecule has 0 radical (unpaired) electrons. The van der Waals surface area contributed by atoms with Gasteiger partial charge in [0.15, 0.2) is 11.5 Å². The van der Waals surface area contributed by atoms with Gasteiger partial charge in [0.05, 0.1) is 39.2 Å². The molecule has 0 saturated carbocycles. The number of rotatable bonds is 8. The van der Waals surface area contributed by atoms with Crippen molar-refractivity contribution in [3.05, 3.63) is 41.9 Å². The standard InChI is InChI=1S/C20H26N2O5/c1-24-17-9-8-14(18(25-2)19(17)26-3)20(23)21-13-15(16-7-6-12-27-16)22-10-4-5-11-22/h6-9,12,15H,4-5,10-11,13H2,1-3H3,(H,21,23). The van der Waals surface area contributed by atoms with E-state index in [0.717, 1.165) is 31.7 Å². The number of amides is 1. The van der Waals surface area contributed by atoms with Crippen LogP contribution in [0.2, 0.25) is 0 Å². The van der Waals surface area contributed by atoms with E-state index in [4.69, 9.17) is 18.6 Å². The Morgan fingerprint density at radius 3 is 2.44 bits per heavy atom. The molecule has 7 nitrogen and oxygen atoms in total. The lowest BCUT2D eigenvalue weighted by atomic mass is 10.1. The molecule has 27 heavy (non-hydrogen) atoms. The number of hydrogen-bond donors (Lipinski definition) is 1. The van der Waals surface area contributed by atoms with Gasteiger partial charge in [-0.3, -0.25) is 9.69 Å².